The second-order valence-corrected chi connectivity index (χ2v) is 4.91. The van der Waals surface area contributed by atoms with Gasteiger partial charge in [0.1, 0.15) is 0 Å². The number of nitrogens with zero attached hydrogens (tertiary/aromatic N) is 1. The molecule has 0 radical (unpaired) electrons. The molecule has 1 saturated carbocycles. The summed E-state index contributed by atoms with van der Waals surface area (Å²) in [6.45, 7) is 5.74. The molecule has 0 heterocycles. The highest BCUT2D eigenvalue weighted by molar-refractivity contribution is 4.85. The number of hydrogen-bond donors (Lipinski definition) is 2. The van der Waals surface area contributed by atoms with Crippen molar-refractivity contribution >= 4 is 0 Å². The molecule has 0 aliphatic heterocycles. The van der Waals surface area contributed by atoms with Crippen LogP contribution in [0.15, 0.2) is 0 Å². The van der Waals surface area contributed by atoms with E-state index in [0.29, 0.717) is 6.61 Å². The van der Waals surface area contributed by atoms with Crippen LogP contribution in [0.25, 0.3) is 0 Å². The fourth-order valence-electron chi connectivity index (χ4n) is 2.93. The Morgan fingerprint density at radius 3 is 2.69 bits per heavy atom. The normalized spacial score (nSPS) is 25.5. The molecule has 1 aliphatic rings. The third kappa shape index (κ3) is 4.04. The molecule has 1 fully saturated rings. The van der Waals surface area contributed by atoms with E-state index < -0.39 is 0 Å². The Kier molecular flexibility index (Phi) is 7.01. The van der Waals surface area contributed by atoms with Crippen molar-refractivity contribution in [1.29, 1.82) is 0 Å². The number of aliphatic hydroxyl groups is 1. The summed E-state index contributed by atoms with van der Waals surface area (Å²) in [6.07, 6.45) is 7.29. The highest BCUT2D eigenvalue weighted by Gasteiger charge is 2.29. The number of aliphatic hydroxyl groups excluding tert-OH is 1. The minimum Gasteiger partial charge on any atom is -0.396 e. The van der Waals surface area contributed by atoms with Crippen LogP contribution in [0, 0.1) is 5.92 Å². The van der Waals surface area contributed by atoms with E-state index in [1.165, 1.54) is 32.2 Å². The van der Waals surface area contributed by atoms with Gasteiger partial charge in [-0.1, -0.05) is 13.3 Å². The van der Waals surface area contributed by atoms with Crippen molar-refractivity contribution in [1.82, 2.24) is 4.90 Å². The van der Waals surface area contributed by atoms with Crippen molar-refractivity contribution in [2.24, 2.45) is 11.7 Å². The molecule has 0 amide bonds. The zero-order valence-electron chi connectivity index (χ0n) is 10.7. The maximum absolute atomic E-state index is 8.75. The molecule has 2 unspecified atom stereocenters. The molecule has 3 N–H and O–H groups in total. The van der Waals surface area contributed by atoms with Gasteiger partial charge in [-0.25, -0.2) is 0 Å². The summed E-state index contributed by atoms with van der Waals surface area (Å²) >= 11 is 0. The van der Waals surface area contributed by atoms with Gasteiger partial charge in [-0.2, -0.15) is 0 Å². The number of hydrogen-bond acceptors (Lipinski definition) is 3. The predicted molar refractivity (Wildman–Crippen MR) is 68.4 cm³/mol. The van der Waals surface area contributed by atoms with Gasteiger partial charge in [-0.05, 0) is 57.7 Å². The van der Waals surface area contributed by atoms with Gasteiger partial charge in [0.25, 0.3) is 0 Å². The third-order valence-corrected chi connectivity index (χ3v) is 3.90. The lowest BCUT2D eigenvalue weighted by atomic mass is 10.0. The zero-order valence-corrected chi connectivity index (χ0v) is 10.7. The number of unbranched alkanes of at least 4 members (excludes halogenated alkanes) is 2. The zero-order chi connectivity index (χ0) is 11.8. The topological polar surface area (TPSA) is 49.5 Å². The van der Waals surface area contributed by atoms with E-state index in [1.54, 1.807) is 0 Å². The van der Waals surface area contributed by atoms with Crippen LogP contribution in [0.5, 0.6) is 0 Å². The van der Waals surface area contributed by atoms with E-state index in [-0.39, 0.29) is 0 Å². The summed E-state index contributed by atoms with van der Waals surface area (Å²) in [5.41, 5.74) is 5.83. The molecule has 3 nitrogen and oxygen atoms in total. The highest BCUT2D eigenvalue weighted by atomic mass is 16.2. The molecular formula is C13H28N2O. The Morgan fingerprint density at radius 2 is 2.06 bits per heavy atom. The van der Waals surface area contributed by atoms with Gasteiger partial charge in [-0.3, -0.25) is 0 Å². The van der Waals surface area contributed by atoms with Crippen LogP contribution < -0.4 is 5.73 Å². The van der Waals surface area contributed by atoms with Crippen LogP contribution >= 0.6 is 0 Å². The molecule has 0 aromatic rings. The molecular weight excluding hydrogens is 200 g/mol. The molecule has 0 aromatic carbocycles. The maximum atomic E-state index is 8.75. The second-order valence-electron chi connectivity index (χ2n) is 4.91. The first-order chi connectivity index (χ1) is 7.83. The maximum Gasteiger partial charge on any atom is 0.0431 e. The first-order valence-corrected chi connectivity index (χ1v) is 6.88. The summed E-state index contributed by atoms with van der Waals surface area (Å²) in [4.78, 5) is 2.60. The molecule has 0 aromatic heterocycles. The van der Waals surface area contributed by atoms with Crippen LogP contribution in [0.3, 0.4) is 0 Å². The standard InChI is InChI=1S/C13H28N2O/c1-2-15(9-4-3-5-10-16)13-8-6-7-12(13)11-14/h12-13,16H,2-11,14H2,1H3. The molecule has 0 bridgehead atoms. The smallest absolute Gasteiger partial charge is 0.0431 e. The first kappa shape index (κ1) is 13.9. The largest absolute Gasteiger partial charge is 0.396 e. The Bertz CT molecular complexity index is 175. The highest BCUT2D eigenvalue weighted by Crippen LogP contribution is 2.29. The quantitative estimate of drug-likeness (QED) is 0.620. The minimum absolute atomic E-state index is 0.334. The molecule has 16 heavy (non-hydrogen) atoms. The second kappa shape index (κ2) is 8.04. The van der Waals surface area contributed by atoms with E-state index in [2.05, 4.69) is 11.8 Å². The monoisotopic (exact) mass is 228 g/mol. The average molecular weight is 228 g/mol. The van der Waals surface area contributed by atoms with E-state index in [0.717, 1.165) is 37.9 Å². The first-order valence-electron chi connectivity index (χ1n) is 6.88. The Morgan fingerprint density at radius 1 is 1.25 bits per heavy atom. The van der Waals surface area contributed by atoms with E-state index in [9.17, 15) is 0 Å². The number of nitrogens with two attached hydrogens (primary N) is 1. The lowest BCUT2D eigenvalue weighted by Gasteiger charge is -2.31. The van der Waals surface area contributed by atoms with Crippen molar-refractivity contribution in [3.63, 3.8) is 0 Å². The van der Waals surface area contributed by atoms with Gasteiger partial charge in [0.05, 0.1) is 0 Å². The van der Waals surface area contributed by atoms with Crippen molar-refractivity contribution in [2.75, 3.05) is 26.2 Å². The Balaban J connectivity index is 2.29. The summed E-state index contributed by atoms with van der Waals surface area (Å²) < 4.78 is 0. The fourth-order valence-corrected chi connectivity index (χ4v) is 2.93. The number of rotatable bonds is 8. The van der Waals surface area contributed by atoms with Gasteiger partial charge in [0.15, 0.2) is 0 Å². The molecule has 1 rings (SSSR count). The molecule has 1 aliphatic carbocycles. The summed E-state index contributed by atoms with van der Waals surface area (Å²) in [5, 5.41) is 8.75. The van der Waals surface area contributed by atoms with Crippen LogP contribution in [-0.2, 0) is 0 Å². The van der Waals surface area contributed by atoms with Gasteiger partial charge >= 0.3 is 0 Å². The van der Waals surface area contributed by atoms with Gasteiger partial charge in [0.2, 0.25) is 0 Å². The van der Waals surface area contributed by atoms with Gasteiger partial charge in [0, 0.05) is 12.6 Å². The predicted octanol–water partition coefficient (Wildman–Crippen LogP) is 1.60. The van der Waals surface area contributed by atoms with E-state index in [4.69, 9.17) is 10.8 Å². The SMILES string of the molecule is CCN(CCCCCO)C1CCCC1CN. The average Bonchev–Trinajstić information content (AvgIpc) is 2.77. The molecule has 2 atom stereocenters. The molecule has 96 valence electrons. The third-order valence-electron chi connectivity index (χ3n) is 3.90. The Hall–Kier alpha value is -0.120. The van der Waals surface area contributed by atoms with Crippen molar-refractivity contribution in [2.45, 2.75) is 51.5 Å². The van der Waals surface area contributed by atoms with Gasteiger partial charge in [-0.15, -0.1) is 0 Å². The van der Waals surface area contributed by atoms with Crippen LogP contribution in [0.2, 0.25) is 0 Å². The lowest BCUT2D eigenvalue weighted by Crippen LogP contribution is -2.40. The van der Waals surface area contributed by atoms with Crippen LogP contribution in [-0.4, -0.2) is 42.3 Å². The minimum atomic E-state index is 0.334. The van der Waals surface area contributed by atoms with Gasteiger partial charge < -0.3 is 15.7 Å². The molecule has 0 spiro atoms. The lowest BCUT2D eigenvalue weighted by molar-refractivity contribution is 0.165. The van der Waals surface area contributed by atoms with Crippen LogP contribution in [0.1, 0.15) is 45.4 Å². The summed E-state index contributed by atoms with van der Waals surface area (Å²) in [6, 6.07) is 0.726. The van der Waals surface area contributed by atoms with Crippen LogP contribution in [0.4, 0.5) is 0 Å². The van der Waals surface area contributed by atoms with Crippen molar-refractivity contribution < 1.29 is 5.11 Å². The van der Waals surface area contributed by atoms with Crippen molar-refractivity contribution in [3.8, 4) is 0 Å². The summed E-state index contributed by atoms with van der Waals surface area (Å²) in [7, 11) is 0. The Labute approximate surface area is 100 Å². The molecule has 3 heteroatoms. The fraction of sp³-hybridized carbons (Fsp3) is 1.00. The summed E-state index contributed by atoms with van der Waals surface area (Å²) in [5.74, 6) is 0.720. The van der Waals surface area contributed by atoms with E-state index >= 15 is 0 Å². The van der Waals surface area contributed by atoms with E-state index in [1.807, 2.05) is 0 Å². The molecule has 0 saturated heterocycles. The van der Waals surface area contributed by atoms with Crippen molar-refractivity contribution in [3.05, 3.63) is 0 Å².